The van der Waals surface area contributed by atoms with Gasteiger partial charge in [-0.2, -0.15) is 0 Å². The number of anilines is 2. The Hall–Kier alpha value is -2.89. The fourth-order valence-corrected chi connectivity index (χ4v) is 8.73. The second kappa shape index (κ2) is 10.0. The van der Waals surface area contributed by atoms with Gasteiger partial charge in [0.2, 0.25) is 17.7 Å². The van der Waals surface area contributed by atoms with E-state index in [1.807, 2.05) is 17.5 Å². The van der Waals surface area contributed by atoms with E-state index in [-0.39, 0.29) is 29.1 Å². The van der Waals surface area contributed by atoms with Gasteiger partial charge in [-0.3, -0.25) is 23.7 Å². The molecule has 3 atom stereocenters. The molecule has 38 heavy (non-hydrogen) atoms. The molecular weight excluding hydrogens is 585 g/mol. The molecule has 0 bridgehead atoms. The summed E-state index contributed by atoms with van der Waals surface area (Å²) in [5.74, 6) is -2.20. The molecule has 0 saturated carbocycles. The molecule has 7 nitrogen and oxygen atoms in total. The standard InChI is InChI=1S/C26H17Cl2N3O4S3/c27-13-3-7-15(8-4-13)29-18(32)12-30-25-22(38-26(30)35)19(17-2-1-11-36-17)20-21(37-25)24(34)31(23(20)33)16-9-5-14(28)6-10-16/h1-11,19-21H,12H2,(H,29,32). The number of hydrogen-bond donors (Lipinski definition) is 1. The molecule has 1 saturated heterocycles. The Bertz CT molecular complexity index is 1610. The maximum atomic E-state index is 13.8. The molecule has 3 unspecified atom stereocenters. The fraction of sp³-hybridized carbons (Fsp3) is 0.154. The van der Waals surface area contributed by atoms with Crippen molar-refractivity contribution < 1.29 is 14.4 Å². The number of carbonyl (C=O) groups excluding carboxylic acids is 3. The van der Waals surface area contributed by atoms with Crippen LogP contribution in [0.3, 0.4) is 0 Å². The molecule has 2 aliphatic rings. The smallest absolute Gasteiger partial charge is 0.308 e. The van der Waals surface area contributed by atoms with Gasteiger partial charge in [-0.1, -0.05) is 52.4 Å². The van der Waals surface area contributed by atoms with Crippen molar-refractivity contribution in [1.82, 2.24) is 4.57 Å². The zero-order chi connectivity index (χ0) is 26.6. The normalized spacial score (nSPS) is 20.4. The molecule has 6 rings (SSSR count). The van der Waals surface area contributed by atoms with Crippen molar-refractivity contribution >= 4 is 86.7 Å². The first-order valence-electron chi connectivity index (χ1n) is 11.4. The van der Waals surface area contributed by atoms with Crippen LogP contribution in [0.1, 0.15) is 15.7 Å². The third-order valence-electron chi connectivity index (χ3n) is 6.41. The SMILES string of the molecule is O=C(Cn1c2c(sc1=O)C(c1cccs1)C1C(=O)N(c3ccc(Cl)cc3)C(=O)C1S2)Nc1ccc(Cl)cc1. The van der Waals surface area contributed by atoms with Gasteiger partial charge in [-0.25, -0.2) is 4.90 Å². The largest absolute Gasteiger partial charge is 0.325 e. The van der Waals surface area contributed by atoms with Gasteiger partial charge < -0.3 is 5.32 Å². The van der Waals surface area contributed by atoms with Gasteiger partial charge in [0.25, 0.3) is 0 Å². The Morgan fingerprint density at radius 3 is 2.26 bits per heavy atom. The molecule has 1 fully saturated rings. The maximum absolute atomic E-state index is 13.8. The molecule has 12 heteroatoms. The summed E-state index contributed by atoms with van der Waals surface area (Å²) < 4.78 is 1.40. The van der Waals surface area contributed by atoms with Crippen molar-refractivity contribution in [3.63, 3.8) is 0 Å². The number of thioether (sulfide) groups is 1. The number of benzene rings is 2. The molecule has 3 amide bonds. The summed E-state index contributed by atoms with van der Waals surface area (Å²) >= 11 is 15.6. The summed E-state index contributed by atoms with van der Waals surface area (Å²) in [7, 11) is 0. The first-order chi connectivity index (χ1) is 18.3. The zero-order valence-corrected chi connectivity index (χ0v) is 23.3. The Morgan fingerprint density at radius 1 is 0.921 bits per heavy atom. The lowest BCUT2D eigenvalue weighted by atomic mass is 9.87. The summed E-state index contributed by atoms with van der Waals surface area (Å²) in [6, 6.07) is 17.0. The molecule has 2 aromatic carbocycles. The molecule has 0 aliphatic carbocycles. The van der Waals surface area contributed by atoms with E-state index in [9.17, 15) is 19.2 Å². The number of hydrogen-bond acceptors (Lipinski definition) is 7. The van der Waals surface area contributed by atoms with E-state index in [0.29, 0.717) is 31.3 Å². The van der Waals surface area contributed by atoms with Crippen LogP contribution in [0, 0.1) is 5.92 Å². The van der Waals surface area contributed by atoms with Crippen molar-refractivity contribution in [2.45, 2.75) is 22.7 Å². The number of halogens is 2. The molecular formula is C26H17Cl2N3O4S3. The highest BCUT2D eigenvalue weighted by Gasteiger charge is 2.57. The first-order valence-corrected chi connectivity index (χ1v) is 14.8. The minimum absolute atomic E-state index is 0.224. The third kappa shape index (κ3) is 4.40. The summed E-state index contributed by atoms with van der Waals surface area (Å²) in [6.07, 6.45) is 0. The topological polar surface area (TPSA) is 88.5 Å². The van der Waals surface area contributed by atoms with Gasteiger partial charge in [-0.15, -0.1) is 11.3 Å². The van der Waals surface area contributed by atoms with Crippen molar-refractivity contribution in [2.75, 3.05) is 10.2 Å². The molecule has 4 heterocycles. The van der Waals surface area contributed by atoms with Gasteiger partial charge in [0.05, 0.1) is 16.6 Å². The Labute approximate surface area is 239 Å². The predicted molar refractivity (Wildman–Crippen MR) is 152 cm³/mol. The minimum atomic E-state index is -0.739. The highest BCUT2D eigenvalue weighted by Crippen LogP contribution is 2.54. The number of aromatic nitrogens is 1. The van der Waals surface area contributed by atoms with Crippen molar-refractivity contribution in [1.29, 1.82) is 0 Å². The summed E-state index contributed by atoms with van der Waals surface area (Å²) in [6.45, 7) is -0.224. The third-order valence-corrected chi connectivity index (χ3v) is 10.5. The van der Waals surface area contributed by atoms with Crippen molar-refractivity contribution in [3.05, 3.63) is 95.5 Å². The highest BCUT2D eigenvalue weighted by molar-refractivity contribution is 8.00. The molecule has 192 valence electrons. The number of carbonyl (C=O) groups is 3. The van der Waals surface area contributed by atoms with Crippen LogP contribution in [-0.2, 0) is 20.9 Å². The van der Waals surface area contributed by atoms with Crippen LogP contribution in [0.2, 0.25) is 10.0 Å². The molecule has 0 spiro atoms. The van der Waals surface area contributed by atoms with E-state index in [4.69, 9.17) is 23.2 Å². The first kappa shape index (κ1) is 25.4. The number of amides is 3. The second-order valence-electron chi connectivity index (χ2n) is 8.72. The van der Waals surface area contributed by atoms with Crippen LogP contribution in [-0.4, -0.2) is 27.5 Å². The van der Waals surface area contributed by atoms with Crippen LogP contribution in [0.15, 0.2) is 75.9 Å². The second-order valence-corrected chi connectivity index (χ2v) is 12.7. The number of rotatable bonds is 5. The van der Waals surface area contributed by atoms with Crippen LogP contribution in [0.25, 0.3) is 0 Å². The van der Waals surface area contributed by atoms with Gasteiger partial charge in [-0.05, 0) is 60.0 Å². The van der Waals surface area contributed by atoms with E-state index >= 15 is 0 Å². The number of nitrogens with zero attached hydrogens (tertiary/aromatic N) is 2. The minimum Gasteiger partial charge on any atom is -0.325 e. The fourth-order valence-electron chi connectivity index (χ4n) is 4.75. The van der Waals surface area contributed by atoms with E-state index < -0.39 is 17.1 Å². The van der Waals surface area contributed by atoms with E-state index in [2.05, 4.69) is 5.32 Å². The molecule has 1 N–H and O–H groups in total. The lowest BCUT2D eigenvalue weighted by Gasteiger charge is -2.29. The Balaban J connectivity index is 1.38. The van der Waals surface area contributed by atoms with Crippen LogP contribution < -0.4 is 15.1 Å². The number of thiophene rings is 1. The highest BCUT2D eigenvalue weighted by atomic mass is 35.5. The molecule has 2 aliphatic heterocycles. The van der Waals surface area contributed by atoms with Gasteiger partial charge in [0.15, 0.2) is 0 Å². The Morgan fingerprint density at radius 2 is 1.61 bits per heavy atom. The van der Waals surface area contributed by atoms with Gasteiger partial charge in [0, 0.05) is 31.4 Å². The molecule has 2 aromatic heterocycles. The average Bonchev–Trinajstić information content (AvgIpc) is 3.59. The van der Waals surface area contributed by atoms with E-state index in [0.717, 1.165) is 16.2 Å². The van der Waals surface area contributed by atoms with Crippen molar-refractivity contribution in [2.24, 2.45) is 5.92 Å². The number of fused-ring (bicyclic) bond motifs is 2. The summed E-state index contributed by atoms with van der Waals surface area (Å²) in [4.78, 5) is 55.9. The van der Waals surface area contributed by atoms with Crippen LogP contribution in [0.4, 0.5) is 11.4 Å². The summed E-state index contributed by atoms with van der Waals surface area (Å²) in [5, 5.41) is 5.53. The number of imide groups is 1. The lowest BCUT2D eigenvalue weighted by Crippen LogP contribution is -2.32. The predicted octanol–water partition coefficient (Wildman–Crippen LogP) is 5.71. The van der Waals surface area contributed by atoms with E-state index in [1.54, 1.807) is 48.5 Å². The van der Waals surface area contributed by atoms with Gasteiger partial charge >= 0.3 is 4.87 Å². The van der Waals surface area contributed by atoms with Gasteiger partial charge in [0.1, 0.15) is 11.8 Å². The number of nitrogens with one attached hydrogen (secondary N) is 1. The average molecular weight is 603 g/mol. The quantitative estimate of drug-likeness (QED) is 0.296. The Kier molecular flexibility index (Phi) is 6.69. The van der Waals surface area contributed by atoms with Crippen LogP contribution >= 0.6 is 57.6 Å². The molecule has 4 aromatic rings. The number of thiazole rings is 1. The lowest BCUT2D eigenvalue weighted by molar-refractivity contribution is -0.122. The van der Waals surface area contributed by atoms with E-state index in [1.165, 1.54) is 32.6 Å². The zero-order valence-electron chi connectivity index (χ0n) is 19.3. The summed E-state index contributed by atoms with van der Waals surface area (Å²) in [5.41, 5.74) is 1.00. The molecule has 0 radical (unpaired) electrons. The monoisotopic (exact) mass is 601 g/mol. The van der Waals surface area contributed by atoms with Crippen LogP contribution in [0.5, 0.6) is 0 Å². The van der Waals surface area contributed by atoms with Crippen molar-refractivity contribution in [3.8, 4) is 0 Å². The maximum Gasteiger partial charge on any atom is 0.308 e.